The summed E-state index contributed by atoms with van der Waals surface area (Å²) in [7, 11) is 0. The minimum atomic E-state index is -0.512. The lowest BCUT2D eigenvalue weighted by Gasteiger charge is -2.35. The van der Waals surface area contributed by atoms with Crippen LogP contribution in [0.15, 0.2) is 11.6 Å². The Labute approximate surface area is 128 Å². The zero-order valence-electron chi connectivity index (χ0n) is 12.5. The highest BCUT2D eigenvalue weighted by Crippen LogP contribution is 2.17. The Balaban J connectivity index is 1.78. The number of carbonyl (C=O) groups is 2. The second-order valence-corrected chi connectivity index (χ2v) is 6.33. The van der Waals surface area contributed by atoms with Crippen molar-refractivity contribution in [2.75, 3.05) is 6.54 Å². The number of amides is 3. The van der Waals surface area contributed by atoms with Gasteiger partial charge in [0.1, 0.15) is 11.0 Å². The van der Waals surface area contributed by atoms with E-state index in [0.29, 0.717) is 6.54 Å². The van der Waals surface area contributed by atoms with E-state index in [0.717, 1.165) is 24.4 Å². The summed E-state index contributed by atoms with van der Waals surface area (Å²) < 4.78 is 0. The molecule has 1 saturated heterocycles. The summed E-state index contributed by atoms with van der Waals surface area (Å²) in [6, 6.07) is -0.591. The number of rotatable bonds is 4. The number of nitrogens with zero attached hydrogens (tertiary/aromatic N) is 2. The molecule has 1 aliphatic heterocycles. The first-order chi connectivity index (χ1) is 10.1. The Morgan fingerprint density at radius 1 is 1.52 bits per heavy atom. The first kappa shape index (κ1) is 15.8. The fraction of sp³-hybridized carbons (Fsp3) is 0.643. The molecule has 1 aliphatic rings. The monoisotopic (exact) mass is 310 g/mol. The molecule has 2 atom stereocenters. The Morgan fingerprint density at radius 3 is 3.00 bits per heavy atom. The number of piperidine rings is 1. The number of hydrogen-bond acceptors (Lipinski definition) is 4. The van der Waals surface area contributed by atoms with E-state index < -0.39 is 6.04 Å². The topological polar surface area (TPSA) is 74.3 Å². The van der Waals surface area contributed by atoms with Crippen LogP contribution in [0.4, 0.5) is 4.79 Å². The summed E-state index contributed by atoms with van der Waals surface area (Å²) in [4.78, 5) is 30.1. The van der Waals surface area contributed by atoms with E-state index in [2.05, 4.69) is 22.5 Å². The predicted octanol–water partition coefficient (Wildman–Crippen LogP) is 1.73. The van der Waals surface area contributed by atoms with Crippen molar-refractivity contribution in [3.8, 4) is 0 Å². The molecule has 116 valence electrons. The van der Waals surface area contributed by atoms with Crippen LogP contribution in [0, 0.1) is 0 Å². The van der Waals surface area contributed by atoms with Gasteiger partial charge < -0.3 is 15.5 Å². The second kappa shape index (κ2) is 7.40. The fourth-order valence-electron chi connectivity index (χ4n) is 2.48. The Bertz CT molecular complexity index is 477. The maximum Gasteiger partial charge on any atom is 0.315 e. The van der Waals surface area contributed by atoms with Crippen LogP contribution in [0.5, 0.6) is 0 Å². The maximum absolute atomic E-state index is 12.4. The van der Waals surface area contributed by atoms with Gasteiger partial charge in [0.15, 0.2) is 0 Å². The Hall–Kier alpha value is -1.63. The van der Waals surface area contributed by atoms with E-state index in [1.54, 1.807) is 13.1 Å². The number of likely N-dealkylation sites (tertiary alicyclic amines) is 1. The highest BCUT2D eigenvalue weighted by atomic mass is 32.1. The molecule has 0 saturated carbocycles. The SMILES string of the molecule is C[C@@H]1CCCCN1C(=O)[C@@H](C)NC(=O)NCc1nccs1. The van der Waals surface area contributed by atoms with Gasteiger partial charge in [-0.05, 0) is 33.1 Å². The van der Waals surface area contributed by atoms with Crippen molar-refractivity contribution in [1.29, 1.82) is 0 Å². The third-order valence-electron chi connectivity index (χ3n) is 3.69. The summed E-state index contributed by atoms with van der Waals surface area (Å²) in [5.74, 6) is -0.00778. The van der Waals surface area contributed by atoms with Crippen LogP contribution in [-0.2, 0) is 11.3 Å². The molecule has 0 aromatic carbocycles. The van der Waals surface area contributed by atoms with Gasteiger partial charge >= 0.3 is 6.03 Å². The molecule has 3 amide bonds. The second-order valence-electron chi connectivity index (χ2n) is 5.35. The summed E-state index contributed by atoms with van der Waals surface area (Å²) in [5.41, 5.74) is 0. The lowest BCUT2D eigenvalue weighted by atomic mass is 10.0. The van der Waals surface area contributed by atoms with E-state index in [1.165, 1.54) is 17.8 Å². The summed E-state index contributed by atoms with van der Waals surface area (Å²) in [6.07, 6.45) is 4.94. The zero-order valence-corrected chi connectivity index (χ0v) is 13.3. The van der Waals surface area contributed by atoms with Crippen LogP contribution in [0.2, 0.25) is 0 Å². The van der Waals surface area contributed by atoms with Gasteiger partial charge in [0, 0.05) is 24.2 Å². The summed E-state index contributed by atoms with van der Waals surface area (Å²) in [6.45, 7) is 4.95. The van der Waals surface area contributed by atoms with Gasteiger partial charge in [0.25, 0.3) is 0 Å². The average Bonchev–Trinajstić information content (AvgIpc) is 2.98. The number of hydrogen-bond donors (Lipinski definition) is 2. The highest BCUT2D eigenvalue weighted by molar-refractivity contribution is 7.09. The number of thiazole rings is 1. The van der Waals surface area contributed by atoms with Gasteiger partial charge in [0.2, 0.25) is 5.91 Å². The van der Waals surface area contributed by atoms with Crippen molar-refractivity contribution < 1.29 is 9.59 Å². The molecule has 0 bridgehead atoms. The van der Waals surface area contributed by atoms with E-state index in [1.807, 2.05) is 10.3 Å². The van der Waals surface area contributed by atoms with Gasteiger partial charge in [-0.3, -0.25) is 4.79 Å². The molecule has 2 N–H and O–H groups in total. The smallest absolute Gasteiger partial charge is 0.315 e. The molecule has 0 radical (unpaired) electrons. The molecular weight excluding hydrogens is 288 g/mol. The third kappa shape index (κ3) is 4.42. The molecule has 1 aromatic rings. The van der Waals surface area contributed by atoms with Gasteiger partial charge in [-0.15, -0.1) is 11.3 Å². The Kier molecular flexibility index (Phi) is 5.55. The highest BCUT2D eigenvalue weighted by Gasteiger charge is 2.27. The quantitative estimate of drug-likeness (QED) is 0.889. The maximum atomic E-state index is 12.4. The predicted molar refractivity (Wildman–Crippen MR) is 82.0 cm³/mol. The first-order valence-corrected chi connectivity index (χ1v) is 8.19. The van der Waals surface area contributed by atoms with Gasteiger partial charge in [-0.1, -0.05) is 0 Å². The zero-order chi connectivity index (χ0) is 15.2. The van der Waals surface area contributed by atoms with Crippen molar-refractivity contribution in [3.05, 3.63) is 16.6 Å². The van der Waals surface area contributed by atoms with Crippen molar-refractivity contribution in [1.82, 2.24) is 20.5 Å². The van der Waals surface area contributed by atoms with Gasteiger partial charge in [0.05, 0.1) is 6.54 Å². The van der Waals surface area contributed by atoms with Crippen molar-refractivity contribution in [2.24, 2.45) is 0 Å². The van der Waals surface area contributed by atoms with Crippen LogP contribution in [0.1, 0.15) is 38.1 Å². The third-order valence-corrected chi connectivity index (χ3v) is 4.47. The molecule has 0 spiro atoms. The summed E-state index contributed by atoms with van der Waals surface area (Å²) >= 11 is 1.48. The van der Waals surface area contributed by atoms with Crippen LogP contribution >= 0.6 is 11.3 Å². The van der Waals surface area contributed by atoms with E-state index >= 15 is 0 Å². The van der Waals surface area contributed by atoms with Gasteiger partial charge in [-0.2, -0.15) is 0 Å². The van der Waals surface area contributed by atoms with Crippen molar-refractivity contribution in [2.45, 2.75) is 51.7 Å². The number of carbonyl (C=O) groups excluding carboxylic acids is 2. The standard InChI is InChI=1S/C14H22N4O2S/c1-10-5-3-4-7-18(10)13(19)11(2)17-14(20)16-9-12-15-6-8-21-12/h6,8,10-11H,3-5,7,9H2,1-2H3,(H2,16,17,20)/t10-,11-/m1/s1. The van der Waals surface area contributed by atoms with Crippen molar-refractivity contribution >= 4 is 23.3 Å². The molecule has 21 heavy (non-hydrogen) atoms. The van der Waals surface area contributed by atoms with Crippen molar-refractivity contribution in [3.63, 3.8) is 0 Å². The molecule has 2 heterocycles. The van der Waals surface area contributed by atoms with Crippen LogP contribution in [0.25, 0.3) is 0 Å². The van der Waals surface area contributed by atoms with Crippen LogP contribution in [-0.4, -0.2) is 40.5 Å². The Morgan fingerprint density at radius 2 is 2.33 bits per heavy atom. The lowest BCUT2D eigenvalue weighted by Crippen LogP contribution is -2.53. The molecule has 1 fully saturated rings. The van der Waals surface area contributed by atoms with E-state index in [9.17, 15) is 9.59 Å². The normalized spacial score (nSPS) is 19.9. The minimum absolute atomic E-state index is 0.00778. The molecule has 0 unspecified atom stereocenters. The minimum Gasteiger partial charge on any atom is -0.338 e. The number of nitrogens with one attached hydrogen (secondary N) is 2. The number of aromatic nitrogens is 1. The van der Waals surface area contributed by atoms with E-state index in [-0.39, 0.29) is 18.0 Å². The summed E-state index contributed by atoms with van der Waals surface area (Å²) in [5, 5.41) is 8.11. The molecule has 2 rings (SSSR count). The largest absolute Gasteiger partial charge is 0.338 e. The van der Waals surface area contributed by atoms with Crippen LogP contribution in [0.3, 0.4) is 0 Å². The fourth-order valence-corrected chi connectivity index (χ4v) is 3.04. The molecule has 0 aliphatic carbocycles. The molecule has 7 heteroatoms. The molecular formula is C14H22N4O2S. The lowest BCUT2D eigenvalue weighted by molar-refractivity contribution is -0.136. The number of urea groups is 1. The molecule has 6 nitrogen and oxygen atoms in total. The molecule has 1 aromatic heterocycles. The van der Waals surface area contributed by atoms with E-state index in [4.69, 9.17) is 0 Å². The average molecular weight is 310 g/mol. The first-order valence-electron chi connectivity index (χ1n) is 7.31. The van der Waals surface area contributed by atoms with Crippen LogP contribution < -0.4 is 10.6 Å². The van der Waals surface area contributed by atoms with Gasteiger partial charge in [-0.25, -0.2) is 9.78 Å².